The minimum atomic E-state index is -0.0599. The molecule has 0 aromatic carbocycles. The first-order valence-electron chi connectivity index (χ1n) is 6.87. The van der Waals surface area contributed by atoms with Gasteiger partial charge in [-0.15, -0.1) is 0 Å². The van der Waals surface area contributed by atoms with Gasteiger partial charge in [-0.05, 0) is 52.1 Å². The monoisotopic (exact) mass is 226 g/mol. The number of rotatable bonds is 3. The highest BCUT2D eigenvalue weighted by Gasteiger charge is 2.23. The maximum Gasteiger partial charge on any atom is 0.0555 e. The molecule has 0 aromatic rings. The maximum atomic E-state index is 9.62. The normalized spacial score (nSPS) is 37.5. The standard InChI is InChI=1S/C13H26N2O/c1-15-8-3-2-6-12(15)10-14-11-5-4-7-13(16)9-11/h11-14,16H,2-10H2,1H3. The van der Waals surface area contributed by atoms with Crippen LogP contribution in [0.3, 0.4) is 0 Å². The third-order valence-corrected chi connectivity index (χ3v) is 4.21. The zero-order valence-electron chi connectivity index (χ0n) is 10.5. The van der Waals surface area contributed by atoms with Crippen molar-refractivity contribution in [2.75, 3.05) is 20.1 Å². The number of likely N-dealkylation sites (N-methyl/N-ethyl adjacent to an activating group) is 1. The second-order valence-corrected chi connectivity index (χ2v) is 5.56. The first-order valence-corrected chi connectivity index (χ1v) is 6.87. The minimum Gasteiger partial charge on any atom is -0.393 e. The highest BCUT2D eigenvalue weighted by molar-refractivity contribution is 4.82. The number of piperidine rings is 1. The van der Waals surface area contributed by atoms with Crippen LogP contribution in [-0.2, 0) is 0 Å². The van der Waals surface area contributed by atoms with Crippen molar-refractivity contribution in [3.63, 3.8) is 0 Å². The molecule has 16 heavy (non-hydrogen) atoms. The Kier molecular flexibility index (Phi) is 4.62. The average Bonchev–Trinajstić information content (AvgIpc) is 2.28. The molecule has 1 heterocycles. The molecule has 3 nitrogen and oxygen atoms in total. The van der Waals surface area contributed by atoms with E-state index < -0.39 is 0 Å². The summed E-state index contributed by atoms with van der Waals surface area (Å²) in [4.78, 5) is 2.48. The number of likely N-dealkylation sites (tertiary alicyclic amines) is 1. The summed E-state index contributed by atoms with van der Waals surface area (Å²) >= 11 is 0. The van der Waals surface area contributed by atoms with Gasteiger partial charge in [0.25, 0.3) is 0 Å². The van der Waals surface area contributed by atoms with E-state index in [-0.39, 0.29) is 6.10 Å². The number of hydrogen-bond acceptors (Lipinski definition) is 3. The van der Waals surface area contributed by atoms with Crippen molar-refractivity contribution in [1.29, 1.82) is 0 Å². The molecule has 0 aromatic heterocycles. The first kappa shape index (κ1) is 12.3. The lowest BCUT2D eigenvalue weighted by Crippen LogP contribution is -2.47. The van der Waals surface area contributed by atoms with Gasteiger partial charge in [0, 0.05) is 18.6 Å². The molecule has 1 aliphatic heterocycles. The van der Waals surface area contributed by atoms with E-state index in [0.29, 0.717) is 12.1 Å². The lowest BCUT2D eigenvalue weighted by Gasteiger charge is -2.35. The van der Waals surface area contributed by atoms with Gasteiger partial charge in [0.05, 0.1) is 6.10 Å². The van der Waals surface area contributed by atoms with Crippen LogP contribution in [0.4, 0.5) is 0 Å². The van der Waals surface area contributed by atoms with Gasteiger partial charge in [-0.1, -0.05) is 6.42 Å². The summed E-state index contributed by atoms with van der Waals surface area (Å²) in [6, 6.07) is 1.27. The quantitative estimate of drug-likeness (QED) is 0.763. The Labute approximate surface area is 99.2 Å². The Morgan fingerprint density at radius 3 is 2.81 bits per heavy atom. The van der Waals surface area contributed by atoms with Gasteiger partial charge in [0.15, 0.2) is 0 Å². The zero-order valence-corrected chi connectivity index (χ0v) is 10.5. The predicted molar refractivity (Wildman–Crippen MR) is 66.5 cm³/mol. The van der Waals surface area contributed by atoms with Gasteiger partial charge in [-0.3, -0.25) is 0 Å². The molecular weight excluding hydrogens is 200 g/mol. The van der Waals surface area contributed by atoms with Gasteiger partial charge in [-0.2, -0.15) is 0 Å². The molecule has 3 atom stereocenters. The van der Waals surface area contributed by atoms with Crippen molar-refractivity contribution in [2.24, 2.45) is 0 Å². The summed E-state index contributed by atoms with van der Waals surface area (Å²) in [5.41, 5.74) is 0. The molecule has 0 bridgehead atoms. The Balaban J connectivity index is 1.69. The van der Waals surface area contributed by atoms with Crippen molar-refractivity contribution in [1.82, 2.24) is 10.2 Å². The Hall–Kier alpha value is -0.120. The van der Waals surface area contributed by atoms with Gasteiger partial charge >= 0.3 is 0 Å². The molecule has 2 N–H and O–H groups in total. The summed E-state index contributed by atoms with van der Waals surface area (Å²) in [6.45, 7) is 2.35. The largest absolute Gasteiger partial charge is 0.393 e. The van der Waals surface area contributed by atoms with E-state index in [1.165, 1.54) is 38.6 Å². The topological polar surface area (TPSA) is 35.5 Å². The highest BCUT2D eigenvalue weighted by atomic mass is 16.3. The summed E-state index contributed by atoms with van der Waals surface area (Å²) in [6.07, 6.45) is 8.39. The van der Waals surface area contributed by atoms with Gasteiger partial charge in [0.1, 0.15) is 0 Å². The van der Waals surface area contributed by atoms with E-state index in [4.69, 9.17) is 0 Å². The lowest BCUT2D eigenvalue weighted by atomic mass is 9.92. The average molecular weight is 226 g/mol. The van der Waals surface area contributed by atoms with Gasteiger partial charge in [0.2, 0.25) is 0 Å². The molecule has 94 valence electrons. The zero-order chi connectivity index (χ0) is 11.4. The molecule has 0 radical (unpaired) electrons. The van der Waals surface area contributed by atoms with E-state index in [9.17, 15) is 5.11 Å². The van der Waals surface area contributed by atoms with Crippen LogP contribution in [0.2, 0.25) is 0 Å². The molecule has 1 saturated carbocycles. The molecule has 3 heteroatoms. The third kappa shape index (κ3) is 3.44. The summed E-state index contributed by atoms with van der Waals surface area (Å²) in [7, 11) is 2.24. The predicted octanol–water partition coefficient (Wildman–Crippen LogP) is 1.36. The van der Waals surface area contributed by atoms with E-state index in [1.54, 1.807) is 0 Å². The van der Waals surface area contributed by atoms with Crippen LogP contribution in [0.15, 0.2) is 0 Å². The second kappa shape index (κ2) is 5.99. The minimum absolute atomic E-state index is 0.0599. The number of hydrogen-bond donors (Lipinski definition) is 2. The van der Waals surface area contributed by atoms with Crippen LogP contribution in [-0.4, -0.2) is 48.3 Å². The smallest absolute Gasteiger partial charge is 0.0555 e. The summed E-state index contributed by atoms with van der Waals surface area (Å²) in [5.74, 6) is 0. The molecule has 2 fully saturated rings. The number of aliphatic hydroxyl groups is 1. The Morgan fingerprint density at radius 2 is 2.06 bits per heavy atom. The van der Waals surface area contributed by atoms with Crippen molar-refractivity contribution < 1.29 is 5.11 Å². The van der Waals surface area contributed by atoms with Crippen LogP contribution < -0.4 is 5.32 Å². The van der Waals surface area contributed by atoms with Crippen molar-refractivity contribution in [3.8, 4) is 0 Å². The number of nitrogens with one attached hydrogen (secondary N) is 1. The molecular formula is C13H26N2O. The van der Waals surface area contributed by atoms with E-state index in [0.717, 1.165) is 19.4 Å². The maximum absolute atomic E-state index is 9.62. The van der Waals surface area contributed by atoms with Crippen LogP contribution in [0.1, 0.15) is 44.9 Å². The Morgan fingerprint density at radius 1 is 1.19 bits per heavy atom. The van der Waals surface area contributed by atoms with E-state index >= 15 is 0 Å². The molecule has 0 spiro atoms. The second-order valence-electron chi connectivity index (χ2n) is 5.56. The number of aliphatic hydroxyl groups excluding tert-OH is 1. The summed E-state index contributed by atoms with van der Waals surface area (Å²) < 4.78 is 0. The number of nitrogens with zero attached hydrogens (tertiary/aromatic N) is 1. The molecule has 0 amide bonds. The molecule has 2 aliphatic rings. The van der Waals surface area contributed by atoms with Crippen molar-refractivity contribution >= 4 is 0 Å². The molecule has 2 rings (SSSR count). The third-order valence-electron chi connectivity index (χ3n) is 4.21. The van der Waals surface area contributed by atoms with Crippen LogP contribution in [0.25, 0.3) is 0 Å². The van der Waals surface area contributed by atoms with Crippen LogP contribution >= 0.6 is 0 Å². The summed E-state index contributed by atoms with van der Waals surface area (Å²) in [5, 5.41) is 13.3. The highest BCUT2D eigenvalue weighted by Crippen LogP contribution is 2.19. The van der Waals surface area contributed by atoms with E-state index in [1.807, 2.05) is 0 Å². The van der Waals surface area contributed by atoms with Crippen molar-refractivity contribution in [3.05, 3.63) is 0 Å². The van der Waals surface area contributed by atoms with E-state index in [2.05, 4.69) is 17.3 Å². The molecule has 3 unspecified atom stereocenters. The van der Waals surface area contributed by atoms with Gasteiger partial charge < -0.3 is 15.3 Å². The SMILES string of the molecule is CN1CCCCC1CNC1CCCC(O)C1. The first-order chi connectivity index (χ1) is 7.75. The molecule has 1 aliphatic carbocycles. The fraction of sp³-hybridized carbons (Fsp3) is 1.00. The van der Waals surface area contributed by atoms with Gasteiger partial charge in [-0.25, -0.2) is 0 Å². The molecule has 1 saturated heterocycles. The fourth-order valence-electron chi connectivity index (χ4n) is 3.05. The van der Waals surface area contributed by atoms with Crippen LogP contribution in [0, 0.1) is 0 Å². The van der Waals surface area contributed by atoms with Crippen LogP contribution in [0.5, 0.6) is 0 Å². The fourth-order valence-corrected chi connectivity index (χ4v) is 3.05. The Bertz CT molecular complexity index is 210. The lowest BCUT2D eigenvalue weighted by molar-refractivity contribution is 0.106. The van der Waals surface area contributed by atoms with Crippen molar-refractivity contribution in [2.45, 2.75) is 63.1 Å².